The second-order valence-corrected chi connectivity index (χ2v) is 2.88. The van der Waals surface area contributed by atoms with E-state index in [4.69, 9.17) is 11.7 Å². The molecule has 1 rings (SSSR count). The largest absolute Gasteiger partial charge is 0.292 e. The molecule has 1 aliphatic rings. The zero-order valence-corrected chi connectivity index (χ0v) is 6.58. The van der Waals surface area contributed by atoms with Crippen LogP contribution in [0, 0.1) is 29.6 Å². The first-order valence-corrected chi connectivity index (χ1v) is 3.92. The van der Waals surface area contributed by atoms with Crippen molar-refractivity contribution in [1.82, 2.24) is 4.90 Å². The number of rotatable bonds is 1. The summed E-state index contributed by atoms with van der Waals surface area (Å²) in [4.78, 5) is 2.22. The van der Waals surface area contributed by atoms with Crippen molar-refractivity contribution in [3.8, 4) is 18.4 Å². The first kappa shape index (κ1) is 8.11. The minimum absolute atomic E-state index is 0.268. The van der Waals surface area contributed by atoms with Crippen LogP contribution in [0.3, 0.4) is 0 Å². The number of piperidine rings is 1. The molecule has 2 nitrogen and oxygen atoms in total. The Kier molecular flexibility index (Phi) is 2.95. The predicted molar refractivity (Wildman–Crippen MR) is 43.6 cm³/mol. The van der Waals surface area contributed by atoms with Crippen molar-refractivity contribution in [1.29, 1.82) is 5.26 Å². The number of terminal acetylenes is 1. The molecule has 0 amide bonds. The molecule has 0 spiro atoms. The van der Waals surface area contributed by atoms with Crippen molar-refractivity contribution in [2.45, 2.75) is 12.8 Å². The summed E-state index contributed by atoms with van der Waals surface area (Å²) in [7, 11) is 0. The first-order valence-electron chi connectivity index (χ1n) is 3.92. The molecule has 2 heteroatoms. The lowest BCUT2D eigenvalue weighted by Crippen LogP contribution is -2.33. The molecule has 0 unspecified atom stereocenters. The molecule has 0 aromatic carbocycles. The van der Waals surface area contributed by atoms with Crippen molar-refractivity contribution in [3.05, 3.63) is 0 Å². The summed E-state index contributed by atoms with van der Waals surface area (Å²) in [6.07, 6.45) is 7.14. The van der Waals surface area contributed by atoms with Crippen molar-refractivity contribution in [3.63, 3.8) is 0 Å². The zero-order valence-electron chi connectivity index (χ0n) is 6.58. The van der Waals surface area contributed by atoms with Crippen LogP contribution in [0.15, 0.2) is 0 Å². The number of likely N-dealkylation sites (tertiary alicyclic amines) is 1. The summed E-state index contributed by atoms with van der Waals surface area (Å²) >= 11 is 0. The van der Waals surface area contributed by atoms with Crippen LogP contribution in [0.2, 0.25) is 0 Å². The molecule has 0 aromatic rings. The van der Waals surface area contributed by atoms with Crippen LogP contribution in [0.1, 0.15) is 12.8 Å². The van der Waals surface area contributed by atoms with Gasteiger partial charge in [0.2, 0.25) is 0 Å². The van der Waals surface area contributed by atoms with E-state index in [0.717, 1.165) is 32.5 Å². The molecule has 0 atom stereocenters. The quantitative estimate of drug-likeness (QED) is 0.515. The van der Waals surface area contributed by atoms with Gasteiger partial charge in [0.05, 0.1) is 12.6 Å². The Balaban J connectivity index is 2.27. The monoisotopic (exact) mass is 148 g/mol. The summed E-state index contributed by atoms with van der Waals surface area (Å²) in [5, 5.41) is 8.60. The summed E-state index contributed by atoms with van der Waals surface area (Å²) in [6, 6.07) is 2.29. The summed E-state index contributed by atoms with van der Waals surface area (Å²) in [5.41, 5.74) is 0. The van der Waals surface area contributed by atoms with Gasteiger partial charge in [-0.2, -0.15) is 5.26 Å². The molecule has 1 fully saturated rings. The van der Waals surface area contributed by atoms with E-state index in [1.54, 1.807) is 0 Å². The molecule has 0 N–H and O–H groups in total. The summed E-state index contributed by atoms with van der Waals surface area (Å²) in [5.74, 6) is 2.88. The van der Waals surface area contributed by atoms with Gasteiger partial charge in [-0.3, -0.25) is 4.90 Å². The fraction of sp³-hybridized carbons (Fsp3) is 0.667. The van der Waals surface area contributed by atoms with E-state index in [1.807, 2.05) is 0 Å². The maximum atomic E-state index is 8.60. The van der Waals surface area contributed by atoms with Gasteiger partial charge >= 0.3 is 0 Å². The Labute approximate surface area is 67.8 Å². The number of hydrogen-bond donors (Lipinski definition) is 0. The lowest BCUT2D eigenvalue weighted by atomic mass is 9.99. The summed E-state index contributed by atoms with van der Waals surface area (Å²) < 4.78 is 0. The van der Waals surface area contributed by atoms with Crippen molar-refractivity contribution < 1.29 is 0 Å². The fourth-order valence-electron chi connectivity index (χ4n) is 1.35. The van der Waals surface area contributed by atoms with Crippen molar-refractivity contribution in [2.24, 2.45) is 5.92 Å². The van der Waals surface area contributed by atoms with Crippen LogP contribution >= 0.6 is 0 Å². The molecular weight excluding hydrogens is 136 g/mol. The van der Waals surface area contributed by atoms with Gasteiger partial charge < -0.3 is 0 Å². The van der Waals surface area contributed by atoms with E-state index in [0.29, 0.717) is 0 Å². The standard InChI is InChI=1S/C9H12N2/c1-2-5-11-6-3-9(8-10)4-7-11/h1,9H,3-7H2. The van der Waals surface area contributed by atoms with Crippen LogP contribution in [-0.4, -0.2) is 24.5 Å². The summed E-state index contributed by atoms with van der Waals surface area (Å²) in [6.45, 7) is 2.71. The molecule has 0 radical (unpaired) electrons. The van der Waals surface area contributed by atoms with Gasteiger partial charge in [-0.05, 0) is 12.8 Å². The molecule has 58 valence electrons. The predicted octanol–water partition coefficient (Wildman–Crippen LogP) is 0.855. The number of hydrogen-bond acceptors (Lipinski definition) is 2. The minimum Gasteiger partial charge on any atom is -0.292 e. The van der Waals surface area contributed by atoms with Crippen LogP contribution in [0.25, 0.3) is 0 Å². The van der Waals surface area contributed by atoms with Gasteiger partial charge in [-0.1, -0.05) is 5.92 Å². The third-order valence-corrected chi connectivity index (χ3v) is 2.09. The zero-order chi connectivity index (χ0) is 8.10. The Hall–Kier alpha value is -0.990. The molecule has 1 heterocycles. The van der Waals surface area contributed by atoms with Gasteiger partial charge in [-0.25, -0.2) is 0 Å². The number of nitriles is 1. The lowest BCUT2D eigenvalue weighted by Gasteiger charge is -2.26. The van der Waals surface area contributed by atoms with E-state index in [9.17, 15) is 0 Å². The van der Waals surface area contributed by atoms with Gasteiger partial charge in [-0.15, -0.1) is 6.42 Å². The van der Waals surface area contributed by atoms with E-state index < -0.39 is 0 Å². The van der Waals surface area contributed by atoms with E-state index in [1.165, 1.54) is 0 Å². The molecule has 0 aliphatic carbocycles. The van der Waals surface area contributed by atoms with Crippen LogP contribution in [0.5, 0.6) is 0 Å². The van der Waals surface area contributed by atoms with E-state index in [-0.39, 0.29) is 5.92 Å². The third kappa shape index (κ3) is 2.26. The lowest BCUT2D eigenvalue weighted by molar-refractivity contribution is 0.228. The van der Waals surface area contributed by atoms with E-state index in [2.05, 4.69) is 16.9 Å². The highest BCUT2D eigenvalue weighted by molar-refractivity contribution is 4.92. The average molecular weight is 148 g/mol. The van der Waals surface area contributed by atoms with Crippen molar-refractivity contribution >= 4 is 0 Å². The maximum Gasteiger partial charge on any atom is 0.0656 e. The second kappa shape index (κ2) is 4.01. The molecule has 1 saturated heterocycles. The Bertz CT molecular complexity index is 189. The Morgan fingerprint density at radius 2 is 2.09 bits per heavy atom. The first-order chi connectivity index (χ1) is 5.36. The maximum absolute atomic E-state index is 8.60. The third-order valence-electron chi connectivity index (χ3n) is 2.09. The van der Waals surface area contributed by atoms with Gasteiger partial charge in [0.15, 0.2) is 0 Å². The SMILES string of the molecule is C#CCN1CCC(C#N)CC1. The second-order valence-electron chi connectivity index (χ2n) is 2.88. The van der Waals surface area contributed by atoms with Crippen molar-refractivity contribution in [2.75, 3.05) is 19.6 Å². The molecule has 0 saturated carbocycles. The highest BCUT2D eigenvalue weighted by Gasteiger charge is 2.17. The Morgan fingerprint density at radius 3 is 2.55 bits per heavy atom. The highest BCUT2D eigenvalue weighted by Crippen LogP contribution is 2.14. The smallest absolute Gasteiger partial charge is 0.0656 e. The van der Waals surface area contributed by atoms with Crippen LogP contribution < -0.4 is 0 Å². The molecular formula is C9H12N2. The minimum atomic E-state index is 0.268. The molecule has 0 bridgehead atoms. The van der Waals surface area contributed by atoms with E-state index >= 15 is 0 Å². The highest BCUT2D eigenvalue weighted by atomic mass is 15.1. The van der Waals surface area contributed by atoms with Crippen LogP contribution in [0.4, 0.5) is 0 Å². The number of nitrogens with zero attached hydrogens (tertiary/aromatic N) is 2. The molecule has 0 aromatic heterocycles. The van der Waals surface area contributed by atoms with Gasteiger partial charge in [0, 0.05) is 19.0 Å². The van der Waals surface area contributed by atoms with Gasteiger partial charge in [0.25, 0.3) is 0 Å². The molecule has 11 heavy (non-hydrogen) atoms. The Morgan fingerprint density at radius 1 is 1.45 bits per heavy atom. The normalized spacial score (nSPS) is 20.5. The van der Waals surface area contributed by atoms with Gasteiger partial charge in [0.1, 0.15) is 0 Å². The molecule has 1 aliphatic heterocycles. The average Bonchev–Trinajstić information content (AvgIpc) is 2.07. The van der Waals surface area contributed by atoms with Crippen LogP contribution in [-0.2, 0) is 0 Å². The fourth-order valence-corrected chi connectivity index (χ4v) is 1.35. The topological polar surface area (TPSA) is 27.0 Å².